The Balaban J connectivity index is 2.33. The Morgan fingerprint density at radius 3 is 2.18 bits per heavy atom. The third kappa shape index (κ3) is 5.52. The molecule has 1 fully saturated rings. The van der Waals surface area contributed by atoms with Crippen LogP contribution in [0.1, 0.15) is 33.1 Å². The van der Waals surface area contributed by atoms with E-state index in [4.69, 9.17) is 9.05 Å². The Bertz CT molecular complexity index is 242. The van der Waals surface area contributed by atoms with Crippen LogP contribution in [0.15, 0.2) is 0 Å². The molecule has 4 nitrogen and oxygen atoms in total. The zero-order valence-corrected chi connectivity index (χ0v) is 12.2. The summed E-state index contributed by atoms with van der Waals surface area (Å²) in [6.07, 6.45) is 3.94. The van der Waals surface area contributed by atoms with Gasteiger partial charge in [0.25, 0.3) is 0 Å². The van der Waals surface area contributed by atoms with Gasteiger partial charge in [0.05, 0.1) is 19.4 Å². The molecule has 0 bridgehead atoms. The number of hydrogen-bond donors (Lipinski definition) is 0. The third-order valence-electron chi connectivity index (χ3n) is 3.30. The molecule has 0 saturated carbocycles. The van der Waals surface area contributed by atoms with Crippen LogP contribution in [0.5, 0.6) is 0 Å². The first-order chi connectivity index (χ1) is 8.09. The molecule has 0 aromatic rings. The van der Waals surface area contributed by atoms with Crippen LogP contribution in [0, 0.1) is 5.92 Å². The summed E-state index contributed by atoms with van der Waals surface area (Å²) < 4.78 is 22.9. The van der Waals surface area contributed by atoms with Crippen LogP contribution in [0.3, 0.4) is 0 Å². The molecule has 1 heterocycles. The normalized spacial score (nSPS) is 19.7. The van der Waals surface area contributed by atoms with Crippen LogP contribution in [0.4, 0.5) is 0 Å². The molecule has 5 heteroatoms. The smallest absolute Gasteiger partial charge is 0.309 e. The Morgan fingerprint density at radius 2 is 1.71 bits per heavy atom. The second kappa shape index (κ2) is 7.52. The van der Waals surface area contributed by atoms with Gasteiger partial charge in [-0.3, -0.25) is 4.57 Å². The van der Waals surface area contributed by atoms with E-state index in [9.17, 15) is 4.57 Å². The third-order valence-corrected chi connectivity index (χ3v) is 5.41. The van der Waals surface area contributed by atoms with E-state index >= 15 is 0 Å². The van der Waals surface area contributed by atoms with E-state index in [-0.39, 0.29) is 0 Å². The van der Waals surface area contributed by atoms with Gasteiger partial charge in [-0.2, -0.15) is 0 Å². The molecule has 0 unspecified atom stereocenters. The van der Waals surface area contributed by atoms with Crippen LogP contribution < -0.4 is 0 Å². The monoisotopic (exact) mass is 263 g/mol. The van der Waals surface area contributed by atoms with Crippen molar-refractivity contribution in [3.05, 3.63) is 0 Å². The molecule has 102 valence electrons. The van der Waals surface area contributed by atoms with E-state index in [0.29, 0.717) is 25.3 Å². The van der Waals surface area contributed by atoms with Gasteiger partial charge in [0, 0.05) is 0 Å². The van der Waals surface area contributed by atoms with Gasteiger partial charge in [-0.25, -0.2) is 0 Å². The highest BCUT2D eigenvalue weighted by Gasteiger charge is 2.26. The summed E-state index contributed by atoms with van der Waals surface area (Å²) in [5.41, 5.74) is 0. The number of nitrogens with zero attached hydrogens (tertiary/aromatic N) is 1. The summed E-state index contributed by atoms with van der Waals surface area (Å²) in [7, 11) is -0.661. The summed E-state index contributed by atoms with van der Waals surface area (Å²) in [4.78, 5) is 2.35. The number of likely N-dealkylation sites (tertiary alicyclic amines) is 1. The predicted molar refractivity (Wildman–Crippen MR) is 70.6 cm³/mol. The standard InChI is InChI=1S/C12H26NO3P/c1-4-15-17(14,16-5-2)11-8-12-6-9-13(3)10-7-12/h12H,4-11H2,1-3H3. The maximum atomic E-state index is 12.3. The fourth-order valence-corrected chi connectivity index (χ4v) is 4.05. The van der Waals surface area contributed by atoms with Crippen LogP contribution in [0.25, 0.3) is 0 Å². The summed E-state index contributed by atoms with van der Waals surface area (Å²) >= 11 is 0. The van der Waals surface area contributed by atoms with Gasteiger partial charge in [-0.15, -0.1) is 0 Å². The first-order valence-electron chi connectivity index (χ1n) is 6.66. The molecule has 1 aliphatic heterocycles. The minimum Gasteiger partial charge on any atom is -0.309 e. The van der Waals surface area contributed by atoms with Crippen LogP contribution >= 0.6 is 7.60 Å². The Kier molecular flexibility index (Phi) is 6.71. The number of piperidine rings is 1. The van der Waals surface area contributed by atoms with Gasteiger partial charge in [0.2, 0.25) is 0 Å². The molecule has 1 aliphatic rings. The minimum absolute atomic E-state index is 0.463. The largest absolute Gasteiger partial charge is 0.330 e. The molecule has 0 N–H and O–H groups in total. The van der Waals surface area contributed by atoms with Gasteiger partial charge >= 0.3 is 7.60 Å². The summed E-state index contributed by atoms with van der Waals surface area (Å²) in [6, 6.07) is 0. The van der Waals surface area contributed by atoms with E-state index in [1.54, 1.807) is 0 Å². The summed E-state index contributed by atoms with van der Waals surface area (Å²) in [6.45, 7) is 6.95. The summed E-state index contributed by atoms with van der Waals surface area (Å²) in [5, 5.41) is 0. The van der Waals surface area contributed by atoms with Gasteiger partial charge in [0.15, 0.2) is 0 Å². The maximum Gasteiger partial charge on any atom is 0.330 e. The van der Waals surface area contributed by atoms with E-state index in [1.165, 1.54) is 12.8 Å². The lowest BCUT2D eigenvalue weighted by Gasteiger charge is -2.29. The Morgan fingerprint density at radius 1 is 1.18 bits per heavy atom. The summed E-state index contributed by atoms with van der Waals surface area (Å²) in [5.74, 6) is 0.681. The topological polar surface area (TPSA) is 38.8 Å². The minimum atomic E-state index is -2.81. The highest BCUT2D eigenvalue weighted by atomic mass is 31.2. The first-order valence-corrected chi connectivity index (χ1v) is 8.39. The molecule has 0 aromatic carbocycles. The highest BCUT2D eigenvalue weighted by molar-refractivity contribution is 7.53. The average Bonchev–Trinajstić information content (AvgIpc) is 2.29. The molecule has 0 atom stereocenters. The molecule has 0 radical (unpaired) electrons. The fourth-order valence-electron chi connectivity index (χ4n) is 2.25. The van der Waals surface area contributed by atoms with Crippen molar-refractivity contribution >= 4 is 7.60 Å². The quantitative estimate of drug-likeness (QED) is 0.662. The van der Waals surface area contributed by atoms with Crippen molar-refractivity contribution in [3.8, 4) is 0 Å². The van der Waals surface area contributed by atoms with Crippen molar-refractivity contribution < 1.29 is 13.6 Å². The van der Waals surface area contributed by atoms with Crippen molar-refractivity contribution in [1.29, 1.82) is 0 Å². The van der Waals surface area contributed by atoms with E-state index in [2.05, 4.69) is 11.9 Å². The lowest BCUT2D eigenvalue weighted by molar-refractivity contribution is 0.201. The second-order valence-corrected chi connectivity index (χ2v) is 6.89. The van der Waals surface area contributed by atoms with Crippen LogP contribution in [0.2, 0.25) is 0 Å². The van der Waals surface area contributed by atoms with Gasteiger partial charge in [0.1, 0.15) is 0 Å². The molecule has 1 rings (SSSR count). The average molecular weight is 263 g/mol. The predicted octanol–water partition coefficient (Wildman–Crippen LogP) is 2.98. The molecule has 1 saturated heterocycles. The lowest BCUT2D eigenvalue weighted by Crippen LogP contribution is -2.30. The molecular formula is C12H26NO3P. The number of hydrogen-bond acceptors (Lipinski definition) is 4. The molecule has 0 aromatic heterocycles. The molecule has 0 spiro atoms. The molecular weight excluding hydrogens is 237 g/mol. The maximum absolute atomic E-state index is 12.3. The van der Waals surface area contributed by atoms with Crippen LogP contribution in [-0.2, 0) is 13.6 Å². The van der Waals surface area contributed by atoms with Crippen molar-refractivity contribution in [1.82, 2.24) is 4.90 Å². The zero-order chi connectivity index (χ0) is 12.7. The molecule has 0 aliphatic carbocycles. The zero-order valence-electron chi connectivity index (χ0n) is 11.4. The fraction of sp³-hybridized carbons (Fsp3) is 1.00. The Hall–Kier alpha value is 0.110. The van der Waals surface area contributed by atoms with E-state index in [1.807, 2.05) is 13.8 Å². The Labute approximate surface area is 105 Å². The number of rotatable bonds is 7. The first kappa shape index (κ1) is 15.2. The van der Waals surface area contributed by atoms with Crippen molar-refractivity contribution in [2.75, 3.05) is 39.5 Å². The van der Waals surface area contributed by atoms with Crippen molar-refractivity contribution in [3.63, 3.8) is 0 Å². The van der Waals surface area contributed by atoms with E-state index < -0.39 is 7.60 Å². The van der Waals surface area contributed by atoms with Gasteiger partial charge in [-0.05, 0) is 59.2 Å². The molecule has 0 amide bonds. The highest BCUT2D eigenvalue weighted by Crippen LogP contribution is 2.49. The molecule has 17 heavy (non-hydrogen) atoms. The van der Waals surface area contributed by atoms with Crippen molar-refractivity contribution in [2.24, 2.45) is 5.92 Å². The van der Waals surface area contributed by atoms with Crippen molar-refractivity contribution in [2.45, 2.75) is 33.1 Å². The van der Waals surface area contributed by atoms with Gasteiger partial charge in [-0.1, -0.05) is 0 Å². The SMILES string of the molecule is CCOP(=O)(CCC1CCN(C)CC1)OCC. The van der Waals surface area contributed by atoms with Gasteiger partial charge < -0.3 is 13.9 Å². The van der Waals surface area contributed by atoms with E-state index in [0.717, 1.165) is 19.5 Å². The van der Waals surface area contributed by atoms with Crippen LogP contribution in [-0.4, -0.2) is 44.4 Å². The lowest BCUT2D eigenvalue weighted by atomic mass is 9.95. The second-order valence-electron chi connectivity index (χ2n) is 4.71.